The third kappa shape index (κ3) is 3.59. The molecule has 0 bridgehead atoms. The summed E-state index contributed by atoms with van der Waals surface area (Å²) in [5.41, 5.74) is 0. The molecule has 0 saturated carbocycles. The lowest BCUT2D eigenvalue weighted by molar-refractivity contribution is -0.145. The van der Waals surface area contributed by atoms with Gasteiger partial charge in [-0.05, 0) is 36.0 Å². The summed E-state index contributed by atoms with van der Waals surface area (Å²) in [6, 6.07) is 1.85. The van der Waals surface area contributed by atoms with E-state index in [9.17, 15) is 4.79 Å². The highest BCUT2D eigenvalue weighted by molar-refractivity contribution is 9.10. The van der Waals surface area contributed by atoms with Crippen molar-refractivity contribution in [3.63, 3.8) is 0 Å². The number of esters is 1. The van der Waals surface area contributed by atoms with Crippen molar-refractivity contribution in [1.29, 1.82) is 0 Å². The van der Waals surface area contributed by atoms with Gasteiger partial charge in [0, 0.05) is 21.3 Å². The summed E-state index contributed by atoms with van der Waals surface area (Å²) in [4.78, 5) is 14.5. The molecule has 0 aliphatic rings. The van der Waals surface area contributed by atoms with Gasteiger partial charge in [-0.15, -0.1) is 11.3 Å². The largest absolute Gasteiger partial charge is 0.468 e. The fourth-order valence-electron chi connectivity index (χ4n) is 1.17. The number of methoxy groups -OCH3 is 1. The average molecular weight is 292 g/mol. The molecule has 0 saturated heterocycles. The zero-order valence-electron chi connectivity index (χ0n) is 8.99. The number of rotatable bonds is 4. The number of carbonyl (C=O) groups excluding carboxylic acids is 1. The Morgan fingerprint density at radius 1 is 1.73 bits per heavy atom. The zero-order chi connectivity index (χ0) is 11.4. The Kier molecular flexibility index (Phi) is 4.76. The molecule has 84 valence electrons. The maximum atomic E-state index is 11.3. The smallest absolute Gasteiger partial charge is 0.322 e. The molecule has 15 heavy (non-hydrogen) atoms. The molecule has 5 heteroatoms. The lowest BCUT2D eigenvalue weighted by Crippen LogP contribution is -2.36. The molecule has 0 aromatic carbocycles. The van der Waals surface area contributed by atoms with Gasteiger partial charge in [-0.1, -0.05) is 0 Å². The molecule has 0 aliphatic heterocycles. The second-order valence-electron chi connectivity index (χ2n) is 3.35. The van der Waals surface area contributed by atoms with Crippen molar-refractivity contribution in [3.05, 3.63) is 20.8 Å². The van der Waals surface area contributed by atoms with Crippen LogP contribution in [0, 0.1) is 0 Å². The lowest BCUT2D eigenvalue weighted by atomic mass is 10.3. The highest BCUT2D eigenvalue weighted by atomic mass is 79.9. The lowest BCUT2D eigenvalue weighted by Gasteiger charge is -2.21. The van der Waals surface area contributed by atoms with E-state index in [0.29, 0.717) is 0 Å². The molecule has 1 aromatic rings. The summed E-state index contributed by atoms with van der Waals surface area (Å²) >= 11 is 5.08. The third-order valence-corrected chi connectivity index (χ3v) is 3.91. The molecule has 0 fully saturated rings. The number of hydrogen-bond donors (Lipinski definition) is 0. The van der Waals surface area contributed by atoms with E-state index in [0.717, 1.165) is 11.0 Å². The normalized spacial score (nSPS) is 12.9. The summed E-state index contributed by atoms with van der Waals surface area (Å²) in [5, 5.41) is 2.03. The number of halogens is 1. The molecule has 0 amide bonds. The van der Waals surface area contributed by atoms with Crippen LogP contribution in [0.3, 0.4) is 0 Å². The van der Waals surface area contributed by atoms with Gasteiger partial charge in [-0.3, -0.25) is 9.69 Å². The van der Waals surface area contributed by atoms with Crippen LogP contribution >= 0.6 is 27.3 Å². The van der Waals surface area contributed by atoms with Crippen molar-refractivity contribution in [2.75, 3.05) is 14.2 Å². The van der Waals surface area contributed by atoms with Crippen molar-refractivity contribution in [2.24, 2.45) is 0 Å². The van der Waals surface area contributed by atoms with Gasteiger partial charge in [-0.2, -0.15) is 0 Å². The van der Waals surface area contributed by atoms with E-state index in [1.54, 1.807) is 11.3 Å². The monoisotopic (exact) mass is 291 g/mol. The van der Waals surface area contributed by atoms with Gasteiger partial charge in [0.1, 0.15) is 6.04 Å². The van der Waals surface area contributed by atoms with Crippen LogP contribution in [0.2, 0.25) is 0 Å². The highest BCUT2D eigenvalue weighted by Crippen LogP contribution is 2.21. The fraction of sp³-hybridized carbons (Fsp3) is 0.500. The first-order valence-corrected chi connectivity index (χ1v) is 6.23. The van der Waals surface area contributed by atoms with Crippen molar-refractivity contribution in [3.8, 4) is 0 Å². The van der Waals surface area contributed by atoms with E-state index in [1.807, 2.05) is 24.3 Å². The second kappa shape index (κ2) is 5.63. The van der Waals surface area contributed by atoms with Crippen LogP contribution in [0.25, 0.3) is 0 Å². The number of nitrogens with zero attached hydrogens (tertiary/aromatic N) is 1. The topological polar surface area (TPSA) is 29.5 Å². The van der Waals surface area contributed by atoms with Crippen LogP contribution < -0.4 is 0 Å². The van der Waals surface area contributed by atoms with Gasteiger partial charge in [0.25, 0.3) is 0 Å². The number of hydrogen-bond acceptors (Lipinski definition) is 4. The molecular weight excluding hydrogens is 278 g/mol. The molecule has 0 N–H and O–H groups in total. The Hall–Kier alpha value is -0.390. The highest BCUT2D eigenvalue weighted by Gasteiger charge is 2.18. The van der Waals surface area contributed by atoms with E-state index < -0.39 is 0 Å². The van der Waals surface area contributed by atoms with Crippen LogP contribution in [-0.4, -0.2) is 31.1 Å². The van der Waals surface area contributed by atoms with E-state index in [4.69, 9.17) is 0 Å². The number of ether oxygens (including phenoxy) is 1. The number of thiophene rings is 1. The van der Waals surface area contributed by atoms with Gasteiger partial charge >= 0.3 is 5.97 Å². The molecule has 1 atom stereocenters. The molecule has 1 heterocycles. The van der Waals surface area contributed by atoms with Gasteiger partial charge in [0.15, 0.2) is 0 Å². The van der Waals surface area contributed by atoms with Crippen molar-refractivity contribution < 1.29 is 9.53 Å². The first-order chi connectivity index (χ1) is 7.04. The number of carbonyl (C=O) groups is 1. The first-order valence-electron chi connectivity index (χ1n) is 4.55. The predicted molar refractivity (Wildman–Crippen MR) is 65.0 cm³/mol. The van der Waals surface area contributed by atoms with Crippen molar-refractivity contribution in [2.45, 2.75) is 19.5 Å². The van der Waals surface area contributed by atoms with Gasteiger partial charge < -0.3 is 4.74 Å². The molecule has 1 rings (SSSR count). The maximum absolute atomic E-state index is 11.3. The molecule has 0 aliphatic carbocycles. The summed E-state index contributed by atoms with van der Waals surface area (Å²) in [5.74, 6) is -0.201. The van der Waals surface area contributed by atoms with Crippen LogP contribution in [-0.2, 0) is 16.1 Å². The Morgan fingerprint density at radius 3 is 2.87 bits per heavy atom. The molecule has 0 spiro atoms. The fourth-order valence-corrected chi connectivity index (χ4v) is 2.68. The van der Waals surface area contributed by atoms with Gasteiger partial charge in [0.2, 0.25) is 0 Å². The minimum atomic E-state index is -0.212. The van der Waals surface area contributed by atoms with Crippen molar-refractivity contribution in [1.82, 2.24) is 4.90 Å². The van der Waals surface area contributed by atoms with Gasteiger partial charge in [-0.25, -0.2) is 0 Å². The molecule has 1 aromatic heterocycles. The summed E-state index contributed by atoms with van der Waals surface area (Å²) in [6.45, 7) is 2.60. The molecular formula is C10H14BrNO2S. The molecule has 1 unspecified atom stereocenters. The second-order valence-corrected chi connectivity index (χ2v) is 5.26. The third-order valence-electron chi connectivity index (χ3n) is 2.23. The Labute approximate surface area is 102 Å². The molecule has 3 nitrogen and oxygen atoms in total. The Balaban J connectivity index is 2.55. The Morgan fingerprint density at radius 2 is 2.40 bits per heavy atom. The maximum Gasteiger partial charge on any atom is 0.322 e. The van der Waals surface area contributed by atoms with E-state index in [1.165, 1.54) is 12.0 Å². The van der Waals surface area contributed by atoms with Crippen LogP contribution in [0.1, 0.15) is 11.8 Å². The summed E-state index contributed by atoms with van der Waals surface area (Å²) in [7, 11) is 3.32. The standard InChI is InChI=1S/C10H14BrNO2S/c1-7(10(13)14-3)12(2)5-9-4-8(11)6-15-9/h4,6-7H,5H2,1-3H3. The van der Waals surface area contributed by atoms with Gasteiger partial charge in [0.05, 0.1) is 7.11 Å². The average Bonchev–Trinajstić information content (AvgIpc) is 2.61. The zero-order valence-corrected chi connectivity index (χ0v) is 11.4. The van der Waals surface area contributed by atoms with Crippen LogP contribution in [0.4, 0.5) is 0 Å². The van der Waals surface area contributed by atoms with Crippen LogP contribution in [0.15, 0.2) is 15.9 Å². The van der Waals surface area contributed by atoms with E-state index >= 15 is 0 Å². The summed E-state index contributed by atoms with van der Waals surface area (Å²) < 4.78 is 5.77. The predicted octanol–water partition coefficient (Wildman–Crippen LogP) is 2.50. The van der Waals surface area contributed by atoms with Crippen molar-refractivity contribution >= 4 is 33.2 Å². The quantitative estimate of drug-likeness (QED) is 0.799. The van der Waals surface area contributed by atoms with Crippen LogP contribution in [0.5, 0.6) is 0 Å². The minimum absolute atomic E-state index is 0.201. The Bertz CT molecular complexity index is 340. The van der Waals surface area contributed by atoms with E-state index in [-0.39, 0.29) is 12.0 Å². The summed E-state index contributed by atoms with van der Waals surface area (Å²) in [6.07, 6.45) is 0. The first kappa shape index (κ1) is 12.7. The number of likely N-dealkylation sites (N-methyl/N-ethyl adjacent to an activating group) is 1. The van der Waals surface area contributed by atoms with E-state index in [2.05, 4.69) is 26.7 Å². The minimum Gasteiger partial charge on any atom is -0.468 e. The SMILES string of the molecule is COC(=O)C(C)N(C)Cc1cc(Br)cs1. The molecule has 0 radical (unpaired) electrons.